The van der Waals surface area contributed by atoms with Gasteiger partial charge in [0.15, 0.2) is 0 Å². The molecule has 0 unspecified atom stereocenters. The summed E-state index contributed by atoms with van der Waals surface area (Å²) in [5.41, 5.74) is -3.93. The first kappa shape index (κ1) is 27.8. The minimum atomic E-state index is -5.17. The zero-order valence-electron chi connectivity index (χ0n) is 18.6. The predicted octanol–water partition coefficient (Wildman–Crippen LogP) is 6.62. The molecule has 2 aromatic carbocycles. The molecule has 3 N–H and O–H groups in total. The van der Waals surface area contributed by atoms with Gasteiger partial charge in [0.05, 0.1) is 29.1 Å². The number of hydrogen-bond acceptors (Lipinski definition) is 6. The number of nitrogens with zero attached hydrogens (tertiary/aromatic N) is 2. The maximum absolute atomic E-state index is 13.6. The summed E-state index contributed by atoms with van der Waals surface area (Å²) in [6.07, 6.45) is -15.2. The van der Waals surface area contributed by atoms with Crippen molar-refractivity contribution in [3.05, 3.63) is 59.7 Å². The van der Waals surface area contributed by atoms with Crippen molar-refractivity contribution in [2.45, 2.75) is 31.7 Å². The number of rotatable bonds is 7. The maximum atomic E-state index is 13.6. The minimum Gasteiger partial charge on any atom is -0.406 e. The van der Waals surface area contributed by atoms with Crippen molar-refractivity contribution >= 4 is 17.5 Å². The van der Waals surface area contributed by atoms with Crippen molar-refractivity contribution in [3.63, 3.8) is 0 Å². The van der Waals surface area contributed by atoms with Gasteiger partial charge >= 0.3 is 18.7 Å². The van der Waals surface area contributed by atoms with Crippen molar-refractivity contribution in [1.29, 1.82) is 0 Å². The number of aliphatic hydroxyl groups is 1. The summed E-state index contributed by atoms with van der Waals surface area (Å²) in [7, 11) is 0. The lowest BCUT2D eigenvalue weighted by Gasteiger charge is -2.18. The molecule has 1 atom stereocenters. The van der Waals surface area contributed by atoms with Crippen LogP contribution in [0.1, 0.15) is 18.1 Å². The van der Waals surface area contributed by atoms with Gasteiger partial charge in [0.1, 0.15) is 11.6 Å². The number of benzene rings is 2. The molecule has 0 radical (unpaired) electrons. The van der Waals surface area contributed by atoms with Gasteiger partial charge in [-0.3, -0.25) is 0 Å². The van der Waals surface area contributed by atoms with E-state index < -0.39 is 53.9 Å². The Balaban J connectivity index is 2.08. The van der Waals surface area contributed by atoms with E-state index in [1.54, 1.807) is 0 Å². The third-order valence-corrected chi connectivity index (χ3v) is 4.65. The van der Waals surface area contributed by atoms with Crippen LogP contribution >= 0.6 is 0 Å². The topological polar surface area (TPSA) is 79.3 Å². The zero-order valence-corrected chi connectivity index (χ0v) is 18.6. The summed E-state index contributed by atoms with van der Waals surface area (Å²) in [4.78, 5) is 8.08. The van der Waals surface area contributed by atoms with Crippen LogP contribution in [0.4, 0.5) is 57.0 Å². The Bertz CT molecular complexity index is 1240. The van der Waals surface area contributed by atoms with Crippen molar-refractivity contribution in [2.75, 3.05) is 17.2 Å². The van der Waals surface area contributed by atoms with E-state index in [0.717, 1.165) is 18.2 Å². The van der Waals surface area contributed by atoms with Gasteiger partial charge in [0, 0.05) is 17.7 Å². The molecule has 0 aliphatic heterocycles. The molecule has 1 aromatic heterocycles. The van der Waals surface area contributed by atoms with Crippen molar-refractivity contribution < 1.29 is 49.4 Å². The van der Waals surface area contributed by atoms with Crippen molar-refractivity contribution in [2.24, 2.45) is 0 Å². The number of hydrogen-bond donors (Lipinski definition) is 3. The molecular formula is C22H17F9N4O2. The molecule has 0 spiro atoms. The summed E-state index contributed by atoms with van der Waals surface area (Å²) in [5.74, 6) is -1.16. The Labute approximate surface area is 203 Å². The molecule has 0 fully saturated rings. The molecule has 0 aliphatic rings. The Morgan fingerprint density at radius 3 is 2.19 bits per heavy atom. The Morgan fingerprint density at radius 1 is 0.892 bits per heavy atom. The normalized spacial score (nSPS) is 13.3. The number of anilines is 3. The molecule has 0 bridgehead atoms. The summed E-state index contributed by atoms with van der Waals surface area (Å²) in [5, 5.41) is 14.2. The molecule has 1 heterocycles. The fraction of sp³-hybridized carbons (Fsp3) is 0.273. The average Bonchev–Trinajstić information content (AvgIpc) is 2.76. The standard InChI is InChI=1S/C22H17F9N4O2/c1-11(10-36)32-19-34-17(12-3-2-4-14(7-12)37-22(29,30)31)9-18(35-19)33-16-6-5-13(20(23,24)25)8-15(16)21(26,27)28/h2-9,11,36H,10H2,1H3,(H2,32,33,34,35)/t11-/m1/s1. The molecular weight excluding hydrogens is 523 g/mol. The van der Waals surface area contributed by atoms with Gasteiger partial charge in [0.25, 0.3) is 0 Å². The lowest BCUT2D eigenvalue weighted by Crippen LogP contribution is -2.21. The second kappa shape index (κ2) is 10.3. The summed E-state index contributed by atoms with van der Waals surface area (Å²) in [6.45, 7) is 1.11. The van der Waals surface area contributed by atoms with Crippen LogP contribution < -0.4 is 15.4 Å². The molecule has 15 heteroatoms. The first-order chi connectivity index (χ1) is 17.0. The first-order valence-electron chi connectivity index (χ1n) is 10.2. The predicted molar refractivity (Wildman–Crippen MR) is 114 cm³/mol. The third-order valence-electron chi connectivity index (χ3n) is 4.65. The Kier molecular flexibility index (Phi) is 7.76. The fourth-order valence-corrected chi connectivity index (χ4v) is 3.04. The molecule has 3 aromatic rings. The summed E-state index contributed by atoms with van der Waals surface area (Å²) >= 11 is 0. The number of ether oxygens (including phenoxy) is 1. The number of aromatic nitrogens is 2. The minimum absolute atomic E-state index is 0.0513. The molecule has 6 nitrogen and oxygen atoms in total. The summed E-state index contributed by atoms with van der Waals surface area (Å²) in [6, 6.07) is 5.95. The molecule has 200 valence electrons. The number of alkyl halides is 9. The van der Waals surface area contributed by atoms with E-state index in [0.29, 0.717) is 12.1 Å². The second-order valence-corrected chi connectivity index (χ2v) is 7.65. The number of nitrogens with one attached hydrogen (secondary N) is 2. The molecule has 0 aliphatic carbocycles. The van der Waals surface area contributed by atoms with Gasteiger partial charge in [-0.2, -0.15) is 31.3 Å². The molecule has 0 saturated carbocycles. The first-order valence-corrected chi connectivity index (χ1v) is 10.2. The van der Waals surface area contributed by atoms with E-state index in [2.05, 4.69) is 25.3 Å². The highest BCUT2D eigenvalue weighted by atomic mass is 19.4. The van der Waals surface area contributed by atoms with E-state index in [1.165, 1.54) is 19.1 Å². The van der Waals surface area contributed by atoms with Gasteiger partial charge in [0.2, 0.25) is 5.95 Å². The quantitative estimate of drug-likeness (QED) is 0.293. The largest absolute Gasteiger partial charge is 0.573 e. The number of aliphatic hydroxyl groups excluding tert-OH is 1. The Hall–Kier alpha value is -3.75. The smallest absolute Gasteiger partial charge is 0.406 e. The third kappa shape index (κ3) is 7.62. The van der Waals surface area contributed by atoms with Gasteiger partial charge in [-0.1, -0.05) is 12.1 Å². The van der Waals surface area contributed by atoms with Crippen LogP contribution in [0.3, 0.4) is 0 Å². The van der Waals surface area contributed by atoms with Crippen LogP contribution in [-0.2, 0) is 12.4 Å². The van der Waals surface area contributed by atoms with E-state index in [1.807, 2.05) is 0 Å². The van der Waals surface area contributed by atoms with E-state index in [-0.39, 0.29) is 29.1 Å². The fourth-order valence-electron chi connectivity index (χ4n) is 3.04. The van der Waals surface area contributed by atoms with Crippen LogP contribution in [-0.4, -0.2) is 34.1 Å². The van der Waals surface area contributed by atoms with E-state index >= 15 is 0 Å². The van der Waals surface area contributed by atoms with Gasteiger partial charge < -0.3 is 20.5 Å². The van der Waals surface area contributed by atoms with Crippen LogP contribution in [0.25, 0.3) is 11.3 Å². The van der Waals surface area contributed by atoms with Crippen LogP contribution in [0, 0.1) is 0 Å². The molecule has 3 rings (SSSR count). The number of halogens is 9. The van der Waals surface area contributed by atoms with E-state index in [4.69, 9.17) is 0 Å². The van der Waals surface area contributed by atoms with Gasteiger partial charge in [-0.25, -0.2) is 4.98 Å². The highest BCUT2D eigenvalue weighted by Crippen LogP contribution is 2.40. The highest BCUT2D eigenvalue weighted by molar-refractivity contribution is 5.70. The van der Waals surface area contributed by atoms with Crippen LogP contribution in [0.5, 0.6) is 5.75 Å². The molecule has 0 amide bonds. The Morgan fingerprint density at radius 2 is 1.59 bits per heavy atom. The SMILES string of the molecule is C[C@H](CO)Nc1nc(Nc2ccc(C(F)(F)F)cc2C(F)(F)F)cc(-c2cccc(OC(F)(F)F)c2)n1. The molecule has 37 heavy (non-hydrogen) atoms. The lowest BCUT2D eigenvalue weighted by molar-refractivity contribution is -0.274. The van der Waals surface area contributed by atoms with Crippen LogP contribution in [0.15, 0.2) is 48.5 Å². The average molecular weight is 540 g/mol. The van der Waals surface area contributed by atoms with Crippen molar-refractivity contribution in [3.8, 4) is 17.0 Å². The van der Waals surface area contributed by atoms with Gasteiger partial charge in [-0.05, 0) is 37.3 Å². The van der Waals surface area contributed by atoms with Crippen molar-refractivity contribution in [1.82, 2.24) is 9.97 Å². The second-order valence-electron chi connectivity index (χ2n) is 7.65. The molecule has 0 saturated heterocycles. The lowest BCUT2D eigenvalue weighted by atomic mass is 10.1. The monoisotopic (exact) mass is 540 g/mol. The summed E-state index contributed by atoms with van der Waals surface area (Å²) < 4.78 is 121. The highest BCUT2D eigenvalue weighted by Gasteiger charge is 2.38. The van der Waals surface area contributed by atoms with E-state index in [9.17, 15) is 44.6 Å². The van der Waals surface area contributed by atoms with Gasteiger partial charge in [-0.15, -0.1) is 13.2 Å². The van der Waals surface area contributed by atoms with Crippen LogP contribution in [0.2, 0.25) is 0 Å². The zero-order chi connectivity index (χ0) is 27.6. The maximum Gasteiger partial charge on any atom is 0.573 e.